The van der Waals surface area contributed by atoms with E-state index in [0.29, 0.717) is 12.4 Å². The number of rotatable bonds is 2. The van der Waals surface area contributed by atoms with Crippen molar-refractivity contribution in [3.05, 3.63) is 41.8 Å². The van der Waals surface area contributed by atoms with Gasteiger partial charge in [-0.1, -0.05) is 25.1 Å². The van der Waals surface area contributed by atoms with Crippen LogP contribution in [0.4, 0.5) is 0 Å². The van der Waals surface area contributed by atoms with Crippen LogP contribution >= 0.6 is 0 Å². The molecule has 1 aromatic carbocycles. The summed E-state index contributed by atoms with van der Waals surface area (Å²) in [4.78, 5) is 19.0. The van der Waals surface area contributed by atoms with Crippen LogP contribution in [-0.2, 0) is 17.8 Å². The molecule has 2 aliphatic rings. The average molecular weight is 282 g/mol. The highest BCUT2D eigenvalue weighted by Crippen LogP contribution is 2.47. The number of hydrogen-bond donors (Lipinski definition) is 0. The lowest BCUT2D eigenvalue weighted by molar-refractivity contribution is -0.137. The monoisotopic (exact) mass is 282 g/mol. The van der Waals surface area contributed by atoms with Crippen LogP contribution in [0.1, 0.15) is 31.2 Å². The molecule has 2 aromatic rings. The van der Waals surface area contributed by atoms with Gasteiger partial charge in [-0.2, -0.15) is 0 Å². The van der Waals surface area contributed by atoms with Gasteiger partial charge >= 0.3 is 0 Å². The third kappa shape index (κ3) is 2.15. The van der Waals surface area contributed by atoms with Crippen LogP contribution in [0.25, 0.3) is 11.5 Å². The van der Waals surface area contributed by atoms with E-state index in [2.05, 4.69) is 11.9 Å². The zero-order valence-electron chi connectivity index (χ0n) is 12.1. The lowest BCUT2D eigenvalue weighted by Gasteiger charge is -2.27. The number of carbonyl (C=O) groups excluding carboxylic acids is 1. The average Bonchev–Trinajstić information content (AvgIpc) is 3.13. The Labute approximate surface area is 123 Å². The molecule has 21 heavy (non-hydrogen) atoms. The Morgan fingerprint density at radius 2 is 2.05 bits per heavy atom. The van der Waals surface area contributed by atoms with Gasteiger partial charge in [-0.15, -0.1) is 0 Å². The Balaban J connectivity index is 1.59. The summed E-state index contributed by atoms with van der Waals surface area (Å²) >= 11 is 0. The van der Waals surface area contributed by atoms with Crippen molar-refractivity contribution >= 4 is 5.91 Å². The van der Waals surface area contributed by atoms with Crippen molar-refractivity contribution in [3.8, 4) is 11.5 Å². The fourth-order valence-corrected chi connectivity index (χ4v) is 2.86. The number of fused-ring (bicyclic) bond motifs is 1. The zero-order valence-corrected chi connectivity index (χ0v) is 12.1. The SMILES string of the molecule is CC1(C(=O)N2CCc3oc(-c4ccccc4)nc3C2)CC1. The summed E-state index contributed by atoms with van der Waals surface area (Å²) in [7, 11) is 0. The van der Waals surface area contributed by atoms with E-state index in [0.717, 1.165) is 42.8 Å². The Morgan fingerprint density at radius 1 is 1.29 bits per heavy atom. The van der Waals surface area contributed by atoms with Gasteiger partial charge in [0.2, 0.25) is 11.8 Å². The van der Waals surface area contributed by atoms with Gasteiger partial charge in [-0.05, 0) is 25.0 Å². The summed E-state index contributed by atoms with van der Waals surface area (Å²) in [6.07, 6.45) is 2.80. The molecule has 1 aliphatic carbocycles. The second-order valence-corrected chi connectivity index (χ2v) is 6.29. The minimum atomic E-state index is -0.108. The highest BCUT2D eigenvalue weighted by molar-refractivity contribution is 5.85. The van der Waals surface area contributed by atoms with Gasteiger partial charge in [-0.25, -0.2) is 4.98 Å². The molecule has 1 aliphatic heterocycles. The van der Waals surface area contributed by atoms with Crippen LogP contribution in [0, 0.1) is 5.41 Å². The van der Waals surface area contributed by atoms with E-state index in [1.54, 1.807) is 0 Å². The molecular formula is C17H18N2O2. The molecule has 0 bridgehead atoms. The van der Waals surface area contributed by atoms with Gasteiger partial charge in [0.25, 0.3) is 0 Å². The maximum Gasteiger partial charge on any atom is 0.228 e. The predicted molar refractivity (Wildman–Crippen MR) is 78.4 cm³/mol. The Morgan fingerprint density at radius 3 is 2.76 bits per heavy atom. The van der Waals surface area contributed by atoms with E-state index in [1.165, 1.54) is 0 Å². The predicted octanol–water partition coefficient (Wildman–Crippen LogP) is 3.03. The van der Waals surface area contributed by atoms with Crippen LogP contribution in [0.2, 0.25) is 0 Å². The van der Waals surface area contributed by atoms with Crippen molar-refractivity contribution in [2.45, 2.75) is 32.7 Å². The lowest BCUT2D eigenvalue weighted by atomic mass is 10.1. The van der Waals surface area contributed by atoms with E-state index >= 15 is 0 Å². The Bertz CT molecular complexity index is 686. The zero-order chi connectivity index (χ0) is 14.4. The number of hydrogen-bond acceptors (Lipinski definition) is 3. The Hall–Kier alpha value is -2.10. The summed E-state index contributed by atoms with van der Waals surface area (Å²) in [6, 6.07) is 9.91. The number of aromatic nitrogens is 1. The van der Waals surface area contributed by atoms with Gasteiger partial charge in [0, 0.05) is 23.9 Å². The van der Waals surface area contributed by atoms with E-state index < -0.39 is 0 Å². The van der Waals surface area contributed by atoms with Crippen molar-refractivity contribution in [1.82, 2.24) is 9.88 Å². The van der Waals surface area contributed by atoms with Crippen LogP contribution in [0.5, 0.6) is 0 Å². The highest BCUT2D eigenvalue weighted by atomic mass is 16.4. The highest BCUT2D eigenvalue weighted by Gasteiger charge is 2.47. The van der Waals surface area contributed by atoms with E-state index in [-0.39, 0.29) is 11.3 Å². The van der Waals surface area contributed by atoms with E-state index in [9.17, 15) is 4.79 Å². The van der Waals surface area contributed by atoms with Crippen LogP contribution in [-0.4, -0.2) is 22.3 Å². The summed E-state index contributed by atoms with van der Waals surface area (Å²) in [5.74, 6) is 1.86. The van der Waals surface area contributed by atoms with Crippen molar-refractivity contribution in [2.24, 2.45) is 5.41 Å². The summed E-state index contributed by atoms with van der Waals surface area (Å²) in [5.41, 5.74) is 1.79. The molecule has 1 saturated carbocycles. The summed E-state index contributed by atoms with van der Waals surface area (Å²) in [6.45, 7) is 3.38. The molecule has 4 heteroatoms. The molecule has 1 fully saturated rings. The molecule has 4 rings (SSSR count). The van der Waals surface area contributed by atoms with Crippen LogP contribution in [0.3, 0.4) is 0 Å². The lowest BCUT2D eigenvalue weighted by Crippen LogP contribution is -2.39. The van der Waals surface area contributed by atoms with Crippen molar-refractivity contribution in [1.29, 1.82) is 0 Å². The van der Waals surface area contributed by atoms with Crippen LogP contribution < -0.4 is 0 Å². The van der Waals surface area contributed by atoms with Crippen molar-refractivity contribution in [2.75, 3.05) is 6.54 Å². The van der Waals surface area contributed by atoms with Gasteiger partial charge in [0.05, 0.1) is 6.54 Å². The Kier molecular flexibility index (Phi) is 2.67. The topological polar surface area (TPSA) is 46.3 Å². The first-order valence-corrected chi connectivity index (χ1v) is 7.49. The first-order chi connectivity index (χ1) is 10.2. The quantitative estimate of drug-likeness (QED) is 0.850. The number of oxazole rings is 1. The van der Waals surface area contributed by atoms with E-state index in [4.69, 9.17) is 4.42 Å². The molecule has 0 spiro atoms. The minimum absolute atomic E-state index is 0.108. The number of nitrogens with zero attached hydrogens (tertiary/aromatic N) is 2. The largest absolute Gasteiger partial charge is 0.441 e. The third-order valence-corrected chi connectivity index (χ3v) is 4.55. The molecule has 0 radical (unpaired) electrons. The second kappa shape index (κ2) is 4.45. The molecule has 4 nitrogen and oxygen atoms in total. The number of amides is 1. The molecule has 0 unspecified atom stereocenters. The molecule has 0 atom stereocenters. The first kappa shape index (κ1) is 12.6. The van der Waals surface area contributed by atoms with Gasteiger partial charge in [0.15, 0.2) is 0 Å². The third-order valence-electron chi connectivity index (χ3n) is 4.55. The fourth-order valence-electron chi connectivity index (χ4n) is 2.86. The maximum atomic E-state index is 12.4. The molecule has 108 valence electrons. The minimum Gasteiger partial charge on any atom is -0.441 e. The molecular weight excluding hydrogens is 264 g/mol. The van der Waals surface area contributed by atoms with Crippen molar-refractivity contribution < 1.29 is 9.21 Å². The number of benzene rings is 1. The molecule has 0 saturated heterocycles. The van der Waals surface area contributed by atoms with Gasteiger partial charge in [0.1, 0.15) is 11.5 Å². The number of carbonyl (C=O) groups is 1. The van der Waals surface area contributed by atoms with Crippen molar-refractivity contribution in [3.63, 3.8) is 0 Å². The first-order valence-electron chi connectivity index (χ1n) is 7.49. The van der Waals surface area contributed by atoms with E-state index in [1.807, 2.05) is 35.2 Å². The standard InChI is InChI=1S/C17H18N2O2/c1-17(8-9-17)16(20)19-10-7-14-13(11-19)18-15(21-14)12-5-3-2-4-6-12/h2-6H,7-11H2,1H3. The fraction of sp³-hybridized carbons (Fsp3) is 0.412. The van der Waals surface area contributed by atoms with Gasteiger partial charge < -0.3 is 9.32 Å². The normalized spacial score (nSPS) is 19.2. The molecule has 0 N–H and O–H groups in total. The maximum absolute atomic E-state index is 12.4. The molecule has 1 aromatic heterocycles. The molecule has 1 amide bonds. The smallest absolute Gasteiger partial charge is 0.228 e. The summed E-state index contributed by atoms with van der Waals surface area (Å²) < 4.78 is 5.87. The van der Waals surface area contributed by atoms with Crippen LogP contribution in [0.15, 0.2) is 34.7 Å². The van der Waals surface area contributed by atoms with Gasteiger partial charge in [-0.3, -0.25) is 4.79 Å². The second-order valence-electron chi connectivity index (χ2n) is 6.29. The summed E-state index contributed by atoms with van der Waals surface area (Å²) in [5, 5.41) is 0. The molecule has 2 heterocycles.